The van der Waals surface area contributed by atoms with Gasteiger partial charge in [-0.2, -0.15) is 9.37 Å². The molecule has 0 spiro atoms. The number of nitrogens with one attached hydrogen (secondary N) is 1. The molecule has 9 heteroatoms. The summed E-state index contributed by atoms with van der Waals surface area (Å²) in [4.78, 5) is 20.8. The summed E-state index contributed by atoms with van der Waals surface area (Å²) in [7, 11) is 0. The minimum absolute atomic E-state index is 0.00746. The molecule has 102 valence electrons. The van der Waals surface area contributed by atoms with Crippen LogP contribution in [0.2, 0.25) is 0 Å². The van der Waals surface area contributed by atoms with Gasteiger partial charge in [0.05, 0.1) is 19.0 Å². The van der Waals surface area contributed by atoms with Gasteiger partial charge in [0.2, 0.25) is 0 Å². The molecule has 0 aliphatic carbocycles. The van der Waals surface area contributed by atoms with E-state index >= 15 is 0 Å². The van der Waals surface area contributed by atoms with Gasteiger partial charge < -0.3 is 14.9 Å². The van der Waals surface area contributed by atoms with Crippen LogP contribution in [0, 0.1) is 6.08 Å². The summed E-state index contributed by atoms with van der Waals surface area (Å²) < 4.78 is 19.9. The van der Waals surface area contributed by atoms with Gasteiger partial charge in [-0.05, 0) is 0 Å². The minimum Gasteiger partial charge on any atom is -0.394 e. The van der Waals surface area contributed by atoms with Crippen molar-refractivity contribution >= 4 is 11.2 Å². The SMILES string of the molecule is O=c1[nH]c(F)nc2c1ncn2C1CC(O)C(CO)O1. The molecule has 0 bridgehead atoms. The zero-order valence-electron chi connectivity index (χ0n) is 9.65. The number of aromatic amines is 1. The zero-order valence-corrected chi connectivity index (χ0v) is 9.65. The Balaban J connectivity index is 2.05. The summed E-state index contributed by atoms with van der Waals surface area (Å²) in [6.07, 6.45) is -1.72. The van der Waals surface area contributed by atoms with Crippen LogP contribution in [-0.4, -0.2) is 48.5 Å². The van der Waals surface area contributed by atoms with Crippen molar-refractivity contribution in [2.75, 3.05) is 6.61 Å². The van der Waals surface area contributed by atoms with E-state index in [0.717, 1.165) is 0 Å². The average molecular weight is 270 g/mol. The number of H-pyrrole nitrogens is 1. The Labute approximate surface area is 105 Å². The number of rotatable bonds is 2. The van der Waals surface area contributed by atoms with Crippen molar-refractivity contribution in [3.63, 3.8) is 0 Å². The molecule has 2 aromatic heterocycles. The van der Waals surface area contributed by atoms with Crippen molar-refractivity contribution in [3.8, 4) is 0 Å². The second-order valence-electron chi connectivity index (χ2n) is 4.30. The van der Waals surface area contributed by atoms with E-state index in [9.17, 15) is 14.3 Å². The third-order valence-electron chi connectivity index (χ3n) is 3.10. The molecule has 3 atom stereocenters. The smallest absolute Gasteiger partial charge is 0.291 e. The maximum Gasteiger partial charge on any atom is 0.291 e. The first-order valence-corrected chi connectivity index (χ1v) is 5.67. The summed E-state index contributed by atoms with van der Waals surface area (Å²) in [6, 6.07) is 0. The predicted octanol–water partition coefficient (Wildman–Crippen LogP) is -1.10. The van der Waals surface area contributed by atoms with E-state index in [1.807, 2.05) is 4.98 Å². The van der Waals surface area contributed by atoms with E-state index in [1.165, 1.54) is 10.9 Å². The summed E-state index contributed by atoms with van der Waals surface area (Å²) in [5, 5.41) is 18.7. The monoisotopic (exact) mass is 270 g/mol. The molecular weight excluding hydrogens is 259 g/mol. The number of aromatic nitrogens is 4. The first-order chi connectivity index (χ1) is 9.10. The largest absolute Gasteiger partial charge is 0.394 e. The Hall–Kier alpha value is -1.84. The van der Waals surface area contributed by atoms with Gasteiger partial charge in [0.25, 0.3) is 11.6 Å². The number of fused-ring (bicyclic) bond motifs is 1. The zero-order chi connectivity index (χ0) is 13.6. The maximum atomic E-state index is 13.1. The number of ether oxygens (including phenoxy) is 1. The minimum atomic E-state index is -1.02. The molecule has 3 unspecified atom stereocenters. The van der Waals surface area contributed by atoms with Crippen LogP contribution in [0.3, 0.4) is 0 Å². The molecule has 0 saturated carbocycles. The van der Waals surface area contributed by atoms with Crippen LogP contribution in [0.15, 0.2) is 11.1 Å². The van der Waals surface area contributed by atoms with Crippen molar-refractivity contribution in [2.45, 2.75) is 24.9 Å². The summed E-state index contributed by atoms with van der Waals surface area (Å²) in [6.45, 7) is -0.327. The predicted molar refractivity (Wildman–Crippen MR) is 59.7 cm³/mol. The first-order valence-electron chi connectivity index (χ1n) is 5.67. The molecule has 1 aliphatic heterocycles. The molecule has 0 radical (unpaired) electrons. The molecule has 0 aromatic carbocycles. The van der Waals surface area contributed by atoms with Gasteiger partial charge in [-0.3, -0.25) is 14.3 Å². The van der Waals surface area contributed by atoms with Crippen LogP contribution in [0.1, 0.15) is 12.6 Å². The molecule has 1 fully saturated rings. The third-order valence-corrected chi connectivity index (χ3v) is 3.10. The molecule has 1 saturated heterocycles. The Morgan fingerprint density at radius 2 is 2.42 bits per heavy atom. The number of hydrogen-bond donors (Lipinski definition) is 3. The summed E-state index contributed by atoms with van der Waals surface area (Å²) in [5.74, 6) is 0. The normalized spacial score (nSPS) is 27.2. The standard InChI is InChI=1S/C10H11FN4O4/c11-10-13-8-7(9(18)14-10)12-3-15(8)6-1-4(17)5(2-16)19-6/h3-6,16-17H,1-2H2,(H,13,14,18). The highest BCUT2D eigenvalue weighted by Gasteiger charge is 2.35. The van der Waals surface area contributed by atoms with Crippen molar-refractivity contribution in [1.29, 1.82) is 0 Å². The lowest BCUT2D eigenvalue weighted by molar-refractivity contribution is -0.0432. The summed E-state index contributed by atoms with van der Waals surface area (Å²) in [5.41, 5.74) is -0.650. The fourth-order valence-electron chi connectivity index (χ4n) is 2.16. The van der Waals surface area contributed by atoms with Crippen LogP contribution in [0.25, 0.3) is 11.2 Å². The van der Waals surface area contributed by atoms with E-state index < -0.39 is 30.1 Å². The number of aliphatic hydroxyl groups is 2. The second-order valence-corrected chi connectivity index (χ2v) is 4.30. The topological polar surface area (TPSA) is 113 Å². The van der Waals surface area contributed by atoms with E-state index in [1.54, 1.807) is 0 Å². The quantitative estimate of drug-likeness (QED) is 0.597. The van der Waals surface area contributed by atoms with Gasteiger partial charge in [-0.15, -0.1) is 0 Å². The van der Waals surface area contributed by atoms with Gasteiger partial charge in [-0.1, -0.05) is 0 Å². The Morgan fingerprint density at radius 3 is 3.11 bits per heavy atom. The number of imidazole rings is 1. The van der Waals surface area contributed by atoms with Crippen molar-refractivity contribution in [1.82, 2.24) is 19.5 Å². The Bertz CT molecular complexity index is 669. The van der Waals surface area contributed by atoms with E-state index in [0.29, 0.717) is 0 Å². The van der Waals surface area contributed by atoms with Crippen molar-refractivity contribution in [3.05, 3.63) is 22.8 Å². The third kappa shape index (κ3) is 1.91. The van der Waals surface area contributed by atoms with E-state index in [2.05, 4.69) is 9.97 Å². The number of halogens is 1. The molecule has 3 heterocycles. The van der Waals surface area contributed by atoms with Crippen molar-refractivity contribution < 1.29 is 19.3 Å². The first kappa shape index (κ1) is 12.2. The summed E-state index contributed by atoms with van der Waals surface area (Å²) >= 11 is 0. The number of nitrogens with zero attached hydrogens (tertiary/aromatic N) is 3. The Morgan fingerprint density at radius 1 is 1.63 bits per heavy atom. The average Bonchev–Trinajstić information content (AvgIpc) is 2.92. The van der Waals surface area contributed by atoms with Crippen LogP contribution < -0.4 is 5.56 Å². The second kappa shape index (κ2) is 4.37. The van der Waals surface area contributed by atoms with Gasteiger partial charge in [0.1, 0.15) is 12.3 Å². The van der Waals surface area contributed by atoms with Crippen LogP contribution in [0.4, 0.5) is 4.39 Å². The lowest BCUT2D eigenvalue weighted by Crippen LogP contribution is -2.24. The lowest BCUT2D eigenvalue weighted by atomic mass is 10.2. The van der Waals surface area contributed by atoms with Gasteiger partial charge >= 0.3 is 0 Å². The maximum absolute atomic E-state index is 13.1. The van der Waals surface area contributed by atoms with E-state index in [-0.39, 0.29) is 24.2 Å². The van der Waals surface area contributed by atoms with Crippen LogP contribution >= 0.6 is 0 Å². The molecule has 3 N–H and O–H groups in total. The van der Waals surface area contributed by atoms with Gasteiger partial charge in [0.15, 0.2) is 11.2 Å². The molecule has 0 amide bonds. The van der Waals surface area contributed by atoms with Gasteiger partial charge in [-0.25, -0.2) is 4.98 Å². The fraction of sp³-hybridized carbons (Fsp3) is 0.500. The fourth-order valence-corrected chi connectivity index (χ4v) is 2.16. The molecule has 3 rings (SSSR count). The molecule has 1 aliphatic rings. The van der Waals surface area contributed by atoms with Gasteiger partial charge in [0, 0.05) is 6.42 Å². The number of aliphatic hydroxyl groups excluding tert-OH is 2. The molecular formula is C10H11FN4O4. The Kier molecular flexibility index (Phi) is 2.81. The van der Waals surface area contributed by atoms with E-state index in [4.69, 9.17) is 9.84 Å². The molecule has 8 nitrogen and oxygen atoms in total. The van der Waals surface area contributed by atoms with Crippen molar-refractivity contribution in [2.24, 2.45) is 0 Å². The lowest BCUT2D eigenvalue weighted by Gasteiger charge is -2.13. The van der Waals surface area contributed by atoms with Crippen LogP contribution in [0.5, 0.6) is 0 Å². The molecule has 19 heavy (non-hydrogen) atoms. The highest BCUT2D eigenvalue weighted by atomic mass is 19.1. The highest BCUT2D eigenvalue weighted by molar-refractivity contribution is 5.68. The number of hydrogen-bond acceptors (Lipinski definition) is 6. The highest BCUT2D eigenvalue weighted by Crippen LogP contribution is 2.29. The molecule has 2 aromatic rings. The van der Waals surface area contributed by atoms with Crippen LogP contribution in [-0.2, 0) is 4.74 Å².